The van der Waals surface area contributed by atoms with E-state index in [1.807, 2.05) is 0 Å². The molecule has 0 unspecified atom stereocenters. The molecule has 0 aliphatic rings. The zero-order valence-corrected chi connectivity index (χ0v) is 10.4. The molecule has 2 aromatic rings. The van der Waals surface area contributed by atoms with Crippen molar-refractivity contribution in [3.8, 4) is 11.3 Å². The van der Waals surface area contributed by atoms with E-state index in [1.54, 1.807) is 0 Å². The summed E-state index contributed by atoms with van der Waals surface area (Å²) in [4.78, 5) is 15.0. The lowest BCUT2D eigenvalue weighted by Crippen LogP contribution is -2.04. The molecule has 0 aliphatic carbocycles. The summed E-state index contributed by atoms with van der Waals surface area (Å²) in [5.41, 5.74) is 0.579. The van der Waals surface area contributed by atoms with Crippen molar-refractivity contribution in [2.45, 2.75) is 13.1 Å². The molecule has 1 N–H and O–H groups in total. The second-order valence-electron chi connectivity index (χ2n) is 4.21. The number of alkyl halides is 3. The van der Waals surface area contributed by atoms with Crippen molar-refractivity contribution in [3.05, 3.63) is 53.2 Å². The predicted molar refractivity (Wildman–Crippen MR) is 66.4 cm³/mol. The maximum Gasteiger partial charge on any atom is 0.416 e. The molecule has 0 saturated carbocycles. The van der Waals surface area contributed by atoms with Gasteiger partial charge >= 0.3 is 12.1 Å². The lowest BCUT2D eigenvalue weighted by molar-refractivity contribution is -0.137. The summed E-state index contributed by atoms with van der Waals surface area (Å²) >= 11 is 0. The topological polar surface area (TPSA) is 50.2 Å². The largest absolute Gasteiger partial charge is 0.478 e. The van der Waals surface area contributed by atoms with Gasteiger partial charge in [0, 0.05) is 5.56 Å². The monoisotopic (exact) mass is 281 g/mol. The molecule has 0 amide bonds. The van der Waals surface area contributed by atoms with Crippen LogP contribution in [0, 0.1) is 6.92 Å². The number of carboxylic acids is 1. The molecule has 0 bridgehead atoms. The first-order chi connectivity index (χ1) is 9.29. The van der Waals surface area contributed by atoms with E-state index < -0.39 is 17.7 Å². The van der Waals surface area contributed by atoms with E-state index in [0.29, 0.717) is 17.0 Å². The third kappa shape index (κ3) is 2.79. The van der Waals surface area contributed by atoms with Crippen LogP contribution in [0.3, 0.4) is 0 Å². The van der Waals surface area contributed by atoms with Gasteiger partial charge in [-0.3, -0.25) is 4.98 Å². The Kier molecular flexibility index (Phi) is 3.48. The smallest absolute Gasteiger partial charge is 0.416 e. The van der Waals surface area contributed by atoms with E-state index in [0.717, 1.165) is 12.1 Å². The zero-order chi connectivity index (χ0) is 14.9. The molecule has 0 fully saturated rings. The minimum absolute atomic E-state index is 0.0701. The second kappa shape index (κ2) is 4.96. The van der Waals surface area contributed by atoms with Crippen LogP contribution < -0.4 is 0 Å². The van der Waals surface area contributed by atoms with Gasteiger partial charge in [-0.1, -0.05) is 12.1 Å². The molecule has 104 valence electrons. The van der Waals surface area contributed by atoms with E-state index in [9.17, 15) is 18.0 Å². The first-order valence-corrected chi connectivity index (χ1v) is 5.67. The van der Waals surface area contributed by atoms with Gasteiger partial charge in [0.15, 0.2) is 0 Å². The van der Waals surface area contributed by atoms with Gasteiger partial charge in [0.1, 0.15) is 0 Å². The number of hydrogen-bond donors (Lipinski definition) is 1. The van der Waals surface area contributed by atoms with Crippen molar-refractivity contribution in [2.24, 2.45) is 0 Å². The highest BCUT2D eigenvalue weighted by Crippen LogP contribution is 2.30. The molecule has 0 radical (unpaired) electrons. The van der Waals surface area contributed by atoms with E-state index in [4.69, 9.17) is 5.11 Å². The third-order valence-corrected chi connectivity index (χ3v) is 2.82. The Morgan fingerprint density at radius 2 is 1.70 bits per heavy atom. The van der Waals surface area contributed by atoms with Crippen LogP contribution in [0.5, 0.6) is 0 Å². The number of aromatic nitrogens is 1. The summed E-state index contributed by atoms with van der Waals surface area (Å²) in [6.45, 7) is 1.54. The molecule has 1 heterocycles. The number of benzene rings is 1. The van der Waals surface area contributed by atoms with Crippen LogP contribution in [0.1, 0.15) is 21.6 Å². The van der Waals surface area contributed by atoms with Gasteiger partial charge in [-0.05, 0) is 31.2 Å². The Morgan fingerprint density at radius 3 is 2.15 bits per heavy atom. The van der Waals surface area contributed by atoms with Gasteiger partial charge in [-0.25, -0.2) is 4.79 Å². The number of carbonyl (C=O) groups is 1. The minimum Gasteiger partial charge on any atom is -0.478 e. The third-order valence-electron chi connectivity index (χ3n) is 2.82. The van der Waals surface area contributed by atoms with Crippen LogP contribution in [-0.2, 0) is 6.18 Å². The summed E-state index contributed by atoms with van der Waals surface area (Å²) in [5, 5.41) is 8.89. The highest BCUT2D eigenvalue weighted by atomic mass is 19.4. The summed E-state index contributed by atoms with van der Waals surface area (Å²) in [6, 6.07) is 7.42. The van der Waals surface area contributed by atoms with Gasteiger partial charge in [-0.2, -0.15) is 13.2 Å². The van der Waals surface area contributed by atoms with Crippen LogP contribution in [0.25, 0.3) is 11.3 Å². The average molecular weight is 281 g/mol. The van der Waals surface area contributed by atoms with E-state index in [2.05, 4.69) is 4.98 Å². The first-order valence-electron chi connectivity index (χ1n) is 5.67. The standard InChI is InChI=1S/C14H10F3NO2/c1-8-11(13(19)20)6-7-12(18-8)9-2-4-10(5-3-9)14(15,16)17/h2-7H,1H3,(H,19,20). The van der Waals surface area contributed by atoms with E-state index >= 15 is 0 Å². The Morgan fingerprint density at radius 1 is 1.10 bits per heavy atom. The van der Waals surface area contributed by atoms with Crippen LogP contribution in [0.2, 0.25) is 0 Å². The van der Waals surface area contributed by atoms with Gasteiger partial charge in [0.2, 0.25) is 0 Å². The van der Waals surface area contributed by atoms with Gasteiger partial charge in [-0.15, -0.1) is 0 Å². The lowest BCUT2D eigenvalue weighted by atomic mass is 10.1. The van der Waals surface area contributed by atoms with Gasteiger partial charge in [0.05, 0.1) is 22.5 Å². The summed E-state index contributed by atoms with van der Waals surface area (Å²) in [6.07, 6.45) is -4.38. The van der Waals surface area contributed by atoms with Crippen molar-refractivity contribution in [3.63, 3.8) is 0 Å². The molecule has 1 aromatic heterocycles. The molecular formula is C14H10F3NO2. The number of carboxylic acid groups (broad SMARTS) is 1. The molecule has 6 heteroatoms. The Balaban J connectivity index is 2.37. The Bertz CT molecular complexity index is 648. The van der Waals surface area contributed by atoms with Crippen LogP contribution in [-0.4, -0.2) is 16.1 Å². The highest BCUT2D eigenvalue weighted by Gasteiger charge is 2.30. The van der Waals surface area contributed by atoms with Crippen LogP contribution >= 0.6 is 0 Å². The van der Waals surface area contributed by atoms with E-state index in [1.165, 1.54) is 31.2 Å². The number of aromatic carboxylic acids is 1. The number of pyridine rings is 1. The maximum absolute atomic E-state index is 12.4. The molecule has 0 saturated heterocycles. The molecule has 3 nitrogen and oxygen atoms in total. The van der Waals surface area contributed by atoms with Crippen molar-refractivity contribution >= 4 is 5.97 Å². The number of nitrogens with zero attached hydrogens (tertiary/aromatic N) is 1. The highest BCUT2D eigenvalue weighted by molar-refractivity contribution is 5.89. The van der Waals surface area contributed by atoms with Gasteiger partial charge in [0.25, 0.3) is 0 Å². The van der Waals surface area contributed by atoms with Crippen molar-refractivity contribution in [2.75, 3.05) is 0 Å². The van der Waals surface area contributed by atoms with E-state index in [-0.39, 0.29) is 5.56 Å². The molecule has 2 rings (SSSR count). The number of rotatable bonds is 2. The number of aryl methyl sites for hydroxylation is 1. The number of hydrogen-bond acceptors (Lipinski definition) is 2. The number of halogens is 3. The molecule has 0 spiro atoms. The van der Waals surface area contributed by atoms with Crippen LogP contribution in [0.4, 0.5) is 13.2 Å². The normalized spacial score (nSPS) is 11.4. The summed E-state index contributed by atoms with van der Waals surface area (Å²) < 4.78 is 37.3. The fraction of sp³-hybridized carbons (Fsp3) is 0.143. The van der Waals surface area contributed by atoms with Crippen molar-refractivity contribution in [1.29, 1.82) is 0 Å². The molecule has 0 aliphatic heterocycles. The zero-order valence-electron chi connectivity index (χ0n) is 10.4. The maximum atomic E-state index is 12.4. The average Bonchev–Trinajstić information content (AvgIpc) is 2.37. The molecular weight excluding hydrogens is 271 g/mol. The van der Waals surface area contributed by atoms with Crippen molar-refractivity contribution in [1.82, 2.24) is 4.98 Å². The van der Waals surface area contributed by atoms with Crippen molar-refractivity contribution < 1.29 is 23.1 Å². The fourth-order valence-corrected chi connectivity index (χ4v) is 1.78. The predicted octanol–water partition coefficient (Wildman–Crippen LogP) is 3.77. The SMILES string of the molecule is Cc1nc(-c2ccc(C(F)(F)F)cc2)ccc1C(=O)O. The minimum atomic E-state index is -4.38. The first kappa shape index (κ1) is 14.0. The Hall–Kier alpha value is -2.37. The van der Waals surface area contributed by atoms with Gasteiger partial charge < -0.3 is 5.11 Å². The Labute approximate surface area is 112 Å². The lowest BCUT2D eigenvalue weighted by Gasteiger charge is -2.08. The molecule has 1 aromatic carbocycles. The molecule has 20 heavy (non-hydrogen) atoms. The second-order valence-corrected chi connectivity index (χ2v) is 4.21. The molecule has 0 atom stereocenters. The fourth-order valence-electron chi connectivity index (χ4n) is 1.78. The summed E-state index contributed by atoms with van der Waals surface area (Å²) in [5.74, 6) is -1.09. The summed E-state index contributed by atoms with van der Waals surface area (Å²) in [7, 11) is 0. The quantitative estimate of drug-likeness (QED) is 0.911. The van der Waals surface area contributed by atoms with Crippen LogP contribution in [0.15, 0.2) is 36.4 Å².